The van der Waals surface area contributed by atoms with Crippen LogP contribution in [0.4, 0.5) is 0 Å². The Labute approximate surface area is 139 Å². The molecule has 1 amide bonds. The predicted molar refractivity (Wildman–Crippen MR) is 92.5 cm³/mol. The number of primary amides is 1. The van der Waals surface area contributed by atoms with Crippen LogP contribution in [0.5, 0.6) is 5.75 Å². The second kappa shape index (κ2) is 6.20. The van der Waals surface area contributed by atoms with E-state index >= 15 is 0 Å². The number of hydrogen-bond donors (Lipinski definition) is 1. The number of benzene rings is 2. The van der Waals surface area contributed by atoms with E-state index in [1.807, 2.05) is 37.3 Å². The van der Waals surface area contributed by atoms with Crippen molar-refractivity contribution in [1.82, 2.24) is 4.57 Å². The molecule has 5 nitrogen and oxygen atoms in total. The summed E-state index contributed by atoms with van der Waals surface area (Å²) in [5, 5.41) is 0.673. The van der Waals surface area contributed by atoms with E-state index < -0.39 is 5.91 Å². The van der Waals surface area contributed by atoms with Crippen LogP contribution in [0.15, 0.2) is 48.5 Å². The van der Waals surface area contributed by atoms with Gasteiger partial charge < -0.3 is 10.5 Å². The van der Waals surface area contributed by atoms with Crippen LogP contribution < -0.4 is 10.5 Å². The van der Waals surface area contributed by atoms with E-state index in [9.17, 15) is 9.59 Å². The fourth-order valence-electron chi connectivity index (χ4n) is 2.91. The summed E-state index contributed by atoms with van der Waals surface area (Å²) in [6, 6.07) is 14.7. The molecule has 2 N–H and O–H groups in total. The van der Waals surface area contributed by atoms with Crippen LogP contribution in [0, 0.1) is 13.8 Å². The van der Waals surface area contributed by atoms with Crippen LogP contribution in [0.3, 0.4) is 0 Å². The maximum absolute atomic E-state index is 12.7. The number of ether oxygens (including phenoxy) is 1. The van der Waals surface area contributed by atoms with E-state index in [4.69, 9.17) is 10.5 Å². The van der Waals surface area contributed by atoms with Crippen molar-refractivity contribution in [2.45, 2.75) is 13.8 Å². The molecule has 122 valence electrons. The first-order valence-electron chi connectivity index (χ1n) is 7.61. The number of nitrogens with two attached hydrogens (primary N) is 1. The third-order valence-electron chi connectivity index (χ3n) is 3.96. The standard InChI is InChI=1S/C19H18N2O3/c1-12-6-5-7-14(10-12)24-11-17(22)21-13(2)18(19(20)23)15-8-3-4-9-16(15)21/h3-10H,11H2,1-2H3,(H2,20,23). The monoisotopic (exact) mass is 322 g/mol. The number of carbonyl (C=O) groups is 2. The van der Waals surface area contributed by atoms with Gasteiger partial charge >= 0.3 is 0 Å². The number of aromatic nitrogens is 1. The molecular formula is C19H18N2O3. The summed E-state index contributed by atoms with van der Waals surface area (Å²) >= 11 is 0. The highest BCUT2D eigenvalue weighted by Crippen LogP contribution is 2.25. The van der Waals surface area contributed by atoms with Gasteiger partial charge in [-0.1, -0.05) is 30.3 Å². The minimum atomic E-state index is -0.546. The maximum Gasteiger partial charge on any atom is 0.269 e. The van der Waals surface area contributed by atoms with Crippen molar-refractivity contribution < 1.29 is 14.3 Å². The van der Waals surface area contributed by atoms with Crippen LogP contribution in [-0.2, 0) is 0 Å². The van der Waals surface area contributed by atoms with Crippen LogP contribution >= 0.6 is 0 Å². The highest BCUT2D eigenvalue weighted by atomic mass is 16.5. The normalized spacial score (nSPS) is 10.8. The minimum Gasteiger partial charge on any atom is -0.484 e. The predicted octanol–water partition coefficient (Wildman–Crippen LogP) is 3.08. The molecule has 0 saturated heterocycles. The van der Waals surface area contributed by atoms with Gasteiger partial charge in [-0.15, -0.1) is 0 Å². The Balaban J connectivity index is 1.95. The second-order valence-corrected chi connectivity index (χ2v) is 5.68. The molecule has 0 radical (unpaired) electrons. The van der Waals surface area contributed by atoms with Crippen molar-refractivity contribution in [1.29, 1.82) is 0 Å². The number of para-hydroxylation sites is 1. The third-order valence-corrected chi connectivity index (χ3v) is 3.96. The molecule has 24 heavy (non-hydrogen) atoms. The van der Waals surface area contributed by atoms with Crippen molar-refractivity contribution in [3.05, 3.63) is 65.4 Å². The zero-order chi connectivity index (χ0) is 17.3. The van der Waals surface area contributed by atoms with Crippen LogP contribution in [0.1, 0.15) is 26.4 Å². The molecule has 0 bridgehead atoms. The summed E-state index contributed by atoms with van der Waals surface area (Å²) in [4.78, 5) is 24.4. The van der Waals surface area contributed by atoms with Crippen molar-refractivity contribution in [3.8, 4) is 5.75 Å². The summed E-state index contributed by atoms with van der Waals surface area (Å²) in [6.07, 6.45) is 0. The smallest absolute Gasteiger partial charge is 0.269 e. The van der Waals surface area contributed by atoms with Gasteiger partial charge in [-0.25, -0.2) is 0 Å². The van der Waals surface area contributed by atoms with E-state index in [2.05, 4.69) is 0 Å². The summed E-state index contributed by atoms with van der Waals surface area (Å²) in [5.41, 5.74) is 8.09. The molecule has 5 heteroatoms. The molecule has 0 aliphatic rings. The third kappa shape index (κ3) is 2.76. The highest BCUT2D eigenvalue weighted by Gasteiger charge is 2.21. The molecule has 0 fully saturated rings. The number of aryl methyl sites for hydroxylation is 1. The zero-order valence-electron chi connectivity index (χ0n) is 13.6. The van der Waals surface area contributed by atoms with Gasteiger partial charge in [0.15, 0.2) is 6.61 Å². The van der Waals surface area contributed by atoms with Crippen molar-refractivity contribution in [2.24, 2.45) is 5.73 Å². The Morgan fingerprint density at radius 3 is 2.54 bits per heavy atom. The number of hydrogen-bond acceptors (Lipinski definition) is 3. The van der Waals surface area contributed by atoms with Gasteiger partial charge in [0.05, 0.1) is 11.1 Å². The van der Waals surface area contributed by atoms with Gasteiger partial charge in [0.1, 0.15) is 5.75 Å². The van der Waals surface area contributed by atoms with Gasteiger partial charge in [-0.3, -0.25) is 14.2 Å². The molecule has 0 saturated carbocycles. The van der Waals surface area contributed by atoms with E-state index in [-0.39, 0.29) is 12.5 Å². The Morgan fingerprint density at radius 2 is 1.83 bits per heavy atom. The Hall–Kier alpha value is -3.08. The van der Waals surface area contributed by atoms with Gasteiger partial charge in [-0.2, -0.15) is 0 Å². The quantitative estimate of drug-likeness (QED) is 0.802. The van der Waals surface area contributed by atoms with Crippen LogP contribution in [0.2, 0.25) is 0 Å². The molecule has 1 aromatic heterocycles. The first kappa shape index (κ1) is 15.8. The number of carbonyl (C=O) groups excluding carboxylic acids is 2. The van der Waals surface area contributed by atoms with Crippen molar-refractivity contribution >= 4 is 22.7 Å². The number of nitrogens with zero attached hydrogens (tertiary/aromatic N) is 1. The van der Waals surface area contributed by atoms with Gasteiger partial charge in [-0.05, 0) is 37.6 Å². The Bertz CT molecular complexity index is 941. The average molecular weight is 322 g/mol. The van der Waals surface area contributed by atoms with Crippen molar-refractivity contribution in [3.63, 3.8) is 0 Å². The maximum atomic E-state index is 12.7. The first-order chi connectivity index (χ1) is 11.5. The van der Waals surface area contributed by atoms with E-state index in [0.717, 1.165) is 5.56 Å². The number of rotatable bonds is 4. The lowest BCUT2D eigenvalue weighted by Crippen LogP contribution is -2.21. The van der Waals surface area contributed by atoms with Crippen molar-refractivity contribution in [2.75, 3.05) is 6.61 Å². The fraction of sp³-hybridized carbons (Fsp3) is 0.158. The Kier molecular flexibility index (Phi) is 4.08. The molecule has 2 aromatic carbocycles. The molecule has 0 spiro atoms. The lowest BCUT2D eigenvalue weighted by molar-refractivity contribution is 0.0841. The molecule has 3 aromatic rings. The Morgan fingerprint density at radius 1 is 1.08 bits per heavy atom. The summed E-state index contributed by atoms with van der Waals surface area (Å²) in [6.45, 7) is 3.54. The van der Waals surface area contributed by atoms with Crippen LogP contribution in [-0.4, -0.2) is 23.0 Å². The number of amides is 1. The SMILES string of the molecule is Cc1cccc(OCC(=O)n2c(C)c(C(N)=O)c3ccccc32)c1. The van der Waals surface area contributed by atoms with Gasteiger partial charge in [0, 0.05) is 11.1 Å². The van der Waals surface area contributed by atoms with E-state index in [1.54, 1.807) is 25.1 Å². The first-order valence-corrected chi connectivity index (χ1v) is 7.61. The molecule has 0 atom stereocenters. The van der Waals surface area contributed by atoms with E-state index in [1.165, 1.54) is 4.57 Å². The van der Waals surface area contributed by atoms with Gasteiger partial charge in [0.25, 0.3) is 11.8 Å². The average Bonchev–Trinajstić information content (AvgIpc) is 2.84. The zero-order valence-corrected chi connectivity index (χ0v) is 13.6. The molecular weight excluding hydrogens is 304 g/mol. The minimum absolute atomic E-state index is 0.124. The molecule has 1 heterocycles. The lowest BCUT2D eigenvalue weighted by Gasteiger charge is -2.09. The largest absolute Gasteiger partial charge is 0.484 e. The molecule has 0 aliphatic carbocycles. The second-order valence-electron chi connectivity index (χ2n) is 5.68. The molecule has 0 aliphatic heterocycles. The van der Waals surface area contributed by atoms with Gasteiger partial charge in [0.2, 0.25) is 0 Å². The van der Waals surface area contributed by atoms with E-state index in [0.29, 0.717) is 27.9 Å². The summed E-state index contributed by atoms with van der Waals surface area (Å²) < 4.78 is 7.08. The van der Waals surface area contributed by atoms with Crippen LogP contribution in [0.25, 0.3) is 10.9 Å². The lowest BCUT2D eigenvalue weighted by atomic mass is 10.1. The highest BCUT2D eigenvalue weighted by molar-refractivity contribution is 6.10. The summed E-state index contributed by atoms with van der Waals surface area (Å²) in [7, 11) is 0. The molecule has 0 unspecified atom stereocenters. The topological polar surface area (TPSA) is 74.3 Å². The fourth-order valence-corrected chi connectivity index (χ4v) is 2.91. The summed E-state index contributed by atoms with van der Waals surface area (Å²) in [5.74, 6) is -0.167. The molecule has 3 rings (SSSR count). The number of fused-ring (bicyclic) bond motifs is 1.